The van der Waals surface area contributed by atoms with Crippen LogP contribution in [0.5, 0.6) is 0 Å². The van der Waals surface area contributed by atoms with Crippen LogP contribution in [0.15, 0.2) is 66.3 Å². The van der Waals surface area contributed by atoms with Gasteiger partial charge in [-0.2, -0.15) is 5.10 Å². The molecule has 2 atom stereocenters. The van der Waals surface area contributed by atoms with Crippen molar-refractivity contribution in [3.8, 4) is 5.69 Å². The molecule has 0 aliphatic carbocycles. The molecule has 2 aromatic carbocycles. The Labute approximate surface area is 194 Å². The first-order chi connectivity index (χ1) is 16.2. The van der Waals surface area contributed by atoms with Gasteiger partial charge in [-0.15, -0.1) is 11.3 Å². The molecule has 1 amide bonds. The van der Waals surface area contributed by atoms with E-state index in [9.17, 15) is 9.59 Å². The minimum absolute atomic E-state index is 0.0203. The van der Waals surface area contributed by atoms with E-state index in [4.69, 9.17) is 0 Å². The summed E-state index contributed by atoms with van der Waals surface area (Å²) in [6, 6.07) is 15.3. The third-order valence-corrected chi connectivity index (χ3v) is 7.21. The minimum Gasteiger partial charge on any atom is -0.344 e. The van der Waals surface area contributed by atoms with Gasteiger partial charge in [-0.3, -0.25) is 14.5 Å². The molecule has 2 aliphatic heterocycles. The van der Waals surface area contributed by atoms with Gasteiger partial charge in [0.25, 0.3) is 5.91 Å². The van der Waals surface area contributed by atoms with Crippen molar-refractivity contribution < 1.29 is 9.59 Å². The lowest BCUT2D eigenvalue weighted by atomic mass is 9.85. The van der Waals surface area contributed by atoms with Crippen molar-refractivity contribution in [1.29, 1.82) is 0 Å². The normalized spacial score (nSPS) is 20.8. The molecule has 2 aromatic heterocycles. The molecule has 2 fully saturated rings. The van der Waals surface area contributed by atoms with Crippen LogP contribution in [0.25, 0.3) is 16.6 Å². The Kier molecular flexibility index (Phi) is 5.01. The first-order valence-electron chi connectivity index (χ1n) is 10.9. The van der Waals surface area contributed by atoms with E-state index in [-0.39, 0.29) is 23.8 Å². The molecule has 0 saturated carbocycles. The summed E-state index contributed by atoms with van der Waals surface area (Å²) >= 11 is 1.30. The van der Waals surface area contributed by atoms with Crippen LogP contribution >= 0.6 is 11.3 Å². The lowest BCUT2D eigenvalue weighted by Crippen LogP contribution is -2.76. The molecule has 9 heteroatoms. The van der Waals surface area contributed by atoms with Crippen LogP contribution in [0.2, 0.25) is 0 Å². The second-order valence-electron chi connectivity index (χ2n) is 8.40. The number of rotatable bonds is 6. The van der Waals surface area contributed by atoms with Crippen molar-refractivity contribution in [2.45, 2.75) is 18.1 Å². The zero-order valence-corrected chi connectivity index (χ0v) is 18.5. The lowest BCUT2D eigenvalue weighted by molar-refractivity contribution is -0.00543. The number of hydrogen-bond donors (Lipinski definition) is 2. The van der Waals surface area contributed by atoms with Crippen molar-refractivity contribution in [2.24, 2.45) is 0 Å². The highest BCUT2D eigenvalue weighted by atomic mass is 32.1. The number of carbonyl (C=O) groups excluding carboxylic acids is 2. The molecule has 6 rings (SSSR count). The van der Waals surface area contributed by atoms with Gasteiger partial charge in [0.05, 0.1) is 29.5 Å². The number of fused-ring (bicyclic) bond motifs is 1. The predicted molar refractivity (Wildman–Crippen MR) is 126 cm³/mol. The molecule has 0 radical (unpaired) electrons. The van der Waals surface area contributed by atoms with Gasteiger partial charge in [-0.1, -0.05) is 18.2 Å². The Bertz CT molecular complexity index is 1320. The van der Waals surface area contributed by atoms with Crippen molar-refractivity contribution in [3.05, 3.63) is 76.9 Å². The number of benzene rings is 2. The summed E-state index contributed by atoms with van der Waals surface area (Å²) in [7, 11) is 0. The van der Waals surface area contributed by atoms with Gasteiger partial charge in [0.2, 0.25) is 0 Å². The second-order valence-corrected chi connectivity index (χ2v) is 9.30. The number of hydrogen-bond acceptors (Lipinski definition) is 7. The van der Waals surface area contributed by atoms with Crippen LogP contribution in [0.4, 0.5) is 0 Å². The number of aromatic nitrogens is 3. The van der Waals surface area contributed by atoms with Crippen LogP contribution in [-0.4, -0.2) is 69.1 Å². The minimum atomic E-state index is -0.386. The Morgan fingerprint density at radius 1 is 1.12 bits per heavy atom. The number of carbonyl (C=O) groups is 2. The predicted octanol–water partition coefficient (Wildman–Crippen LogP) is 2.12. The highest BCUT2D eigenvalue weighted by molar-refractivity contribution is 7.11. The molecule has 0 spiro atoms. The average Bonchev–Trinajstić information content (AvgIpc) is 3.47. The summed E-state index contributed by atoms with van der Waals surface area (Å²) in [4.78, 5) is 32.5. The van der Waals surface area contributed by atoms with E-state index in [1.54, 1.807) is 17.8 Å². The molecule has 2 saturated heterocycles. The van der Waals surface area contributed by atoms with Crippen LogP contribution in [0.1, 0.15) is 20.2 Å². The SMILES string of the molecule is O=C(NC1CN(C2CNC2)[C@H]1C(=O)c1ccc2c(cnn2-c2ccccc2)c1)c1nccs1. The lowest BCUT2D eigenvalue weighted by Gasteiger charge is -2.53. The van der Waals surface area contributed by atoms with Gasteiger partial charge < -0.3 is 10.6 Å². The molecule has 0 bridgehead atoms. The van der Waals surface area contributed by atoms with Crippen LogP contribution in [0, 0.1) is 0 Å². The van der Waals surface area contributed by atoms with Crippen LogP contribution < -0.4 is 10.6 Å². The van der Waals surface area contributed by atoms with E-state index < -0.39 is 0 Å². The molecule has 33 heavy (non-hydrogen) atoms. The summed E-state index contributed by atoms with van der Waals surface area (Å²) in [5.41, 5.74) is 2.55. The number of nitrogens with zero attached hydrogens (tertiary/aromatic N) is 4. The van der Waals surface area contributed by atoms with Crippen molar-refractivity contribution in [1.82, 2.24) is 30.3 Å². The second kappa shape index (κ2) is 8.18. The summed E-state index contributed by atoms with van der Waals surface area (Å²) < 4.78 is 1.87. The van der Waals surface area contributed by atoms with Crippen molar-refractivity contribution in [3.63, 3.8) is 0 Å². The van der Waals surface area contributed by atoms with Crippen molar-refractivity contribution >= 4 is 33.9 Å². The fourth-order valence-corrected chi connectivity index (χ4v) is 5.11. The third-order valence-electron chi connectivity index (χ3n) is 6.44. The van der Waals surface area contributed by atoms with E-state index in [2.05, 4.69) is 25.6 Å². The van der Waals surface area contributed by atoms with Gasteiger partial charge in [0.1, 0.15) is 0 Å². The Balaban J connectivity index is 1.27. The zero-order chi connectivity index (χ0) is 22.4. The molecule has 4 heterocycles. The van der Waals surface area contributed by atoms with Gasteiger partial charge in [-0.25, -0.2) is 9.67 Å². The highest BCUT2D eigenvalue weighted by Gasteiger charge is 2.49. The van der Waals surface area contributed by atoms with Gasteiger partial charge >= 0.3 is 0 Å². The van der Waals surface area contributed by atoms with Crippen molar-refractivity contribution in [2.75, 3.05) is 19.6 Å². The van der Waals surface area contributed by atoms with E-state index in [1.165, 1.54) is 11.3 Å². The first kappa shape index (κ1) is 20.2. The number of amides is 1. The van der Waals surface area contributed by atoms with E-state index >= 15 is 0 Å². The molecular formula is C24H22N6O2S. The summed E-state index contributed by atoms with van der Waals surface area (Å²) in [5.74, 6) is -0.203. The monoisotopic (exact) mass is 458 g/mol. The number of ketones is 1. The molecule has 166 valence electrons. The molecule has 2 N–H and O–H groups in total. The first-order valence-corrected chi connectivity index (χ1v) is 11.8. The quantitative estimate of drug-likeness (QED) is 0.430. The van der Waals surface area contributed by atoms with Crippen LogP contribution in [0.3, 0.4) is 0 Å². The Morgan fingerprint density at radius 2 is 1.97 bits per heavy atom. The molecule has 1 unspecified atom stereocenters. The summed E-state index contributed by atoms with van der Waals surface area (Å²) in [6.07, 6.45) is 3.40. The molecular weight excluding hydrogens is 436 g/mol. The Morgan fingerprint density at radius 3 is 2.70 bits per heavy atom. The number of thiazole rings is 1. The molecule has 4 aromatic rings. The fraction of sp³-hybridized carbons (Fsp3) is 0.250. The summed E-state index contributed by atoms with van der Waals surface area (Å²) in [6.45, 7) is 2.38. The maximum atomic E-state index is 13.6. The van der Waals surface area contributed by atoms with E-state index in [0.717, 1.165) is 29.7 Å². The smallest absolute Gasteiger partial charge is 0.280 e. The number of nitrogens with one attached hydrogen (secondary N) is 2. The van der Waals surface area contributed by atoms with Gasteiger partial charge in [-0.05, 0) is 30.3 Å². The number of Topliss-reactive ketones (excluding diaryl/α,β-unsaturated/α-hetero) is 1. The standard InChI is InChI=1S/C24H22N6O2S/c31-22(15-6-7-20-16(10-15)11-27-30(20)17-4-2-1-3-5-17)21-19(14-29(21)18-12-25-13-18)28-23(32)24-26-8-9-33-24/h1-11,18-19,21,25H,12-14H2,(H,28,32)/t19?,21-/m1/s1. The highest BCUT2D eigenvalue weighted by Crippen LogP contribution is 2.28. The maximum absolute atomic E-state index is 13.6. The van der Waals surface area contributed by atoms with Gasteiger partial charge in [0.15, 0.2) is 10.8 Å². The summed E-state index contributed by atoms with van der Waals surface area (Å²) in [5, 5.41) is 13.9. The van der Waals surface area contributed by atoms with Crippen LogP contribution in [-0.2, 0) is 0 Å². The van der Waals surface area contributed by atoms with Gasteiger partial charge in [0, 0.05) is 48.2 Å². The average molecular weight is 459 g/mol. The topological polar surface area (TPSA) is 92.2 Å². The molecule has 8 nitrogen and oxygen atoms in total. The Hall–Kier alpha value is -3.40. The fourth-order valence-electron chi connectivity index (χ4n) is 4.57. The largest absolute Gasteiger partial charge is 0.344 e. The van der Waals surface area contributed by atoms with E-state index in [1.807, 2.05) is 53.2 Å². The maximum Gasteiger partial charge on any atom is 0.280 e. The van der Waals surface area contributed by atoms with E-state index in [0.29, 0.717) is 23.2 Å². The molecule has 2 aliphatic rings. The zero-order valence-electron chi connectivity index (χ0n) is 17.7. The number of para-hydroxylation sites is 1. The third kappa shape index (κ3) is 3.54. The number of likely N-dealkylation sites (tertiary alicyclic amines) is 1.